The van der Waals surface area contributed by atoms with E-state index in [4.69, 9.17) is 23.2 Å². The molecule has 90 valence electrons. The van der Waals surface area contributed by atoms with Crippen molar-refractivity contribution < 1.29 is 0 Å². The Bertz CT molecular complexity index is 463. The second-order valence-corrected chi connectivity index (χ2v) is 5.54. The zero-order chi connectivity index (χ0) is 12.3. The van der Waals surface area contributed by atoms with Crippen LogP contribution in [0.4, 0.5) is 0 Å². The smallest absolute Gasteiger partial charge is 0.107 e. The Hall–Kier alpha value is -0.640. The molecule has 0 unspecified atom stereocenters. The summed E-state index contributed by atoms with van der Waals surface area (Å²) in [6.45, 7) is 2.77. The standard InChI is InChI=1S/C12H12Cl2N2S/c1-2-11-12(6-15-7-16-11)17-10-4-8(13)3-9(14)5-10/h3-6,16H,2,7H2,1H3. The maximum absolute atomic E-state index is 5.97. The van der Waals surface area contributed by atoms with E-state index in [2.05, 4.69) is 17.2 Å². The lowest BCUT2D eigenvalue weighted by Crippen LogP contribution is -2.18. The van der Waals surface area contributed by atoms with Crippen LogP contribution in [0.2, 0.25) is 10.0 Å². The highest BCUT2D eigenvalue weighted by Gasteiger charge is 2.09. The molecule has 1 N–H and O–H groups in total. The molecule has 0 aliphatic carbocycles. The highest BCUT2D eigenvalue weighted by atomic mass is 35.5. The molecule has 2 rings (SSSR count). The Morgan fingerprint density at radius 2 is 2.00 bits per heavy atom. The summed E-state index contributed by atoms with van der Waals surface area (Å²) >= 11 is 13.6. The number of benzene rings is 1. The van der Waals surface area contributed by atoms with E-state index in [0.29, 0.717) is 16.7 Å². The molecule has 1 heterocycles. The fourth-order valence-electron chi connectivity index (χ4n) is 1.54. The Balaban J connectivity index is 2.25. The maximum atomic E-state index is 5.97. The van der Waals surface area contributed by atoms with Crippen molar-refractivity contribution in [3.05, 3.63) is 38.8 Å². The van der Waals surface area contributed by atoms with Crippen molar-refractivity contribution in [2.75, 3.05) is 6.67 Å². The van der Waals surface area contributed by atoms with Crippen molar-refractivity contribution in [1.82, 2.24) is 5.32 Å². The zero-order valence-corrected chi connectivity index (χ0v) is 11.7. The second-order valence-electron chi connectivity index (χ2n) is 3.55. The molecule has 1 aromatic rings. The first-order valence-electron chi connectivity index (χ1n) is 5.30. The molecule has 0 fully saturated rings. The van der Waals surface area contributed by atoms with E-state index in [1.54, 1.807) is 17.8 Å². The van der Waals surface area contributed by atoms with Gasteiger partial charge in [-0.05, 0) is 24.6 Å². The van der Waals surface area contributed by atoms with Crippen LogP contribution in [0, 0.1) is 0 Å². The quantitative estimate of drug-likeness (QED) is 0.894. The molecule has 1 aliphatic heterocycles. The average Bonchev–Trinajstić information content (AvgIpc) is 2.28. The summed E-state index contributed by atoms with van der Waals surface area (Å²) in [5.74, 6) is 0. The summed E-state index contributed by atoms with van der Waals surface area (Å²) in [5, 5.41) is 4.57. The van der Waals surface area contributed by atoms with E-state index in [0.717, 1.165) is 16.2 Å². The Morgan fingerprint density at radius 1 is 1.29 bits per heavy atom. The van der Waals surface area contributed by atoms with Crippen LogP contribution >= 0.6 is 35.0 Å². The molecule has 2 nitrogen and oxygen atoms in total. The van der Waals surface area contributed by atoms with Crippen molar-refractivity contribution >= 4 is 41.2 Å². The topological polar surface area (TPSA) is 24.4 Å². The van der Waals surface area contributed by atoms with Gasteiger partial charge in [0.2, 0.25) is 0 Å². The monoisotopic (exact) mass is 286 g/mol. The molecule has 0 amide bonds. The first-order valence-corrected chi connectivity index (χ1v) is 6.87. The van der Waals surface area contributed by atoms with E-state index < -0.39 is 0 Å². The fraction of sp³-hybridized carbons (Fsp3) is 0.250. The molecule has 0 atom stereocenters. The lowest BCUT2D eigenvalue weighted by molar-refractivity contribution is 0.778. The summed E-state index contributed by atoms with van der Waals surface area (Å²) in [5.41, 5.74) is 1.21. The van der Waals surface area contributed by atoms with Gasteiger partial charge in [0.25, 0.3) is 0 Å². The Kier molecular flexibility index (Phi) is 4.37. The van der Waals surface area contributed by atoms with E-state index in [9.17, 15) is 0 Å². The van der Waals surface area contributed by atoms with E-state index in [-0.39, 0.29) is 0 Å². The average molecular weight is 287 g/mol. The third-order valence-electron chi connectivity index (χ3n) is 2.31. The van der Waals surface area contributed by atoms with Crippen LogP contribution in [-0.2, 0) is 0 Å². The van der Waals surface area contributed by atoms with Gasteiger partial charge in [0.05, 0.1) is 0 Å². The summed E-state index contributed by atoms with van der Waals surface area (Å²) in [7, 11) is 0. The molecule has 0 bridgehead atoms. The summed E-state index contributed by atoms with van der Waals surface area (Å²) in [6, 6.07) is 5.54. The van der Waals surface area contributed by atoms with E-state index >= 15 is 0 Å². The van der Waals surface area contributed by atoms with Gasteiger partial charge in [-0.2, -0.15) is 0 Å². The predicted octanol–water partition coefficient (Wildman–Crippen LogP) is 4.34. The van der Waals surface area contributed by atoms with Crippen LogP contribution in [-0.4, -0.2) is 12.9 Å². The number of nitrogens with one attached hydrogen (secondary N) is 1. The van der Waals surface area contributed by atoms with Gasteiger partial charge in [-0.1, -0.05) is 41.9 Å². The van der Waals surface area contributed by atoms with Crippen molar-refractivity contribution in [1.29, 1.82) is 0 Å². The number of nitrogens with zero attached hydrogens (tertiary/aromatic N) is 1. The van der Waals surface area contributed by atoms with Gasteiger partial charge in [0.1, 0.15) is 6.67 Å². The molecule has 0 saturated heterocycles. The molecule has 1 aliphatic rings. The Morgan fingerprint density at radius 3 is 2.65 bits per heavy atom. The lowest BCUT2D eigenvalue weighted by Gasteiger charge is -2.15. The highest BCUT2D eigenvalue weighted by Crippen LogP contribution is 2.32. The van der Waals surface area contributed by atoms with Crippen LogP contribution in [0.5, 0.6) is 0 Å². The lowest BCUT2D eigenvalue weighted by atomic mass is 10.3. The number of hydrogen-bond acceptors (Lipinski definition) is 3. The first kappa shape index (κ1) is 12.8. The van der Waals surface area contributed by atoms with Crippen molar-refractivity contribution in [2.45, 2.75) is 18.2 Å². The minimum atomic E-state index is 0.652. The van der Waals surface area contributed by atoms with Crippen LogP contribution in [0.3, 0.4) is 0 Å². The third kappa shape index (κ3) is 3.41. The van der Waals surface area contributed by atoms with Gasteiger partial charge < -0.3 is 5.32 Å². The first-order chi connectivity index (χ1) is 8.19. The van der Waals surface area contributed by atoms with Crippen LogP contribution in [0.1, 0.15) is 13.3 Å². The minimum absolute atomic E-state index is 0.652. The van der Waals surface area contributed by atoms with E-state index in [1.165, 1.54) is 5.70 Å². The molecule has 17 heavy (non-hydrogen) atoms. The van der Waals surface area contributed by atoms with Crippen LogP contribution in [0.15, 0.2) is 38.7 Å². The van der Waals surface area contributed by atoms with Crippen molar-refractivity contribution in [3.63, 3.8) is 0 Å². The number of thioether (sulfide) groups is 1. The molecule has 0 saturated carbocycles. The summed E-state index contributed by atoms with van der Waals surface area (Å²) < 4.78 is 0. The van der Waals surface area contributed by atoms with Crippen LogP contribution in [0.25, 0.3) is 0 Å². The molecule has 5 heteroatoms. The minimum Gasteiger partial charge on any atom is -0.369 e. The zero-order valence-electron chi connectivity index (χ0n) is 9.34. The predicted molar refractivity (Wildman–Crippen MR) is 76.1 cm³/mol. The number of rotatable bonds is 3. The molecular formula is C12H12Cl2N2S. The van der Waals surface area contributed by atoms with Crippen molar-refractivity contribution in [3.8, 4) is 0 Å². The normalized spacial score (nSPS) is 15.0. The van der Waals surface area contributed by atoms with E-state index in [1.807, 2.05) is 18.3 Å². The highest BCUT2D eigenvalue weighted by molar-refractivity contribution is 8.04. The van der Waals surface area contributed by atoms with Crippen LogP contribution < -0.4 is 5.32 Å². The number of allylic oxidation sites excluding steroid dienone is 2. The second kappa shape index (κ2) is 5.80. The van der Waals surface area contributed by atoms with Gasteiger partial charge in [-0.3, -0.25) is 4.99 Å². The molecule has 0 aromatic heterocycles. The molecular weight excluding hydrogens is 275 g/mol. The molecule has 0 spiro atoms. The van der Waals surface area contributed by atoms with Gasteiger partial charge in [-0.25, -0.2) is 0 Å². The third-order valence-corrected chi connectivity index (χ3v) is 3.79. The molecule has 0 radical (unpaired) electrons. The van der Waals surface area contributed by atoms with Gasteiger partial charge in [0, 0.05) is 31.8 Å². The maximum Gasteiger partial charge on any atom is 0.107 e. The summed E-state index contributed by atoms with van der Waals surface area (Å²) in [4.78, 5) is 6.37. The van der Waals surface area contributed by atoms with Gasteiger partial charge >= 0.3 is 0 Å². The number of aliphatic imine (C=N–C) groups is 1. The largest absolute Gasteiger partial charge is 0.369 e. The number of hydrogen-bond donors (Lipinski definition) is 1. The fourth-order valence-corrected chi connectivity index (χ4v) is 3.28. The van der Waals surface area contributed by atoms with Crippen molar-refractivity contribution in [2.24, 2.45) is 4.99 Å². The Labute approximate surface area is 115 Å². The molecule has 1 aromatic carbocycles. The number of halogens is 2. The SMILES string of the molecule is CCC1=C(Sc2cc(Cl)cc(Cl)c2)C=NCN1. The van der Waals surface area contributed by atoms with Gasteiger partial charge in [-0.15, -0.1) is 0 Å². The summed E-state index contributed by atoms with van der Waals surface area (Å²) in [6.07, 6.45) is 2.86. The van der Waals surface area contributed by atoms with Gasteiger partial charge in [0.15, 0.2) is 0 Å².